The summed E-state index contributed by atoms with van der Waals surface area (Å²) in [6.45, 7) is 0. The molecule has 0 fully saturated rings. The van der Waals surface area contributed by atoms with Crippen LogP contribution in [0.5, 0.6) is 34.5 Å². The zero-order valence-electron chi connectivity index (χ0n) is 17.7. The van der Waals surface area contributed by atoms with Crippen LogP contribution < -0.4 is 29.2 Å². The van der Waals surface area contributed by atoms with E-state index in [9.17, 15) is 9.59 Å². The van der Waals surface area contributed by atoms with Gasteiger partial charge in [-0.05, 0) is 18.2 Å². The molecule has 170 valence electrons. The predicted octanol–water partition coefficient (Wildman–Crippen LogP) is 2.98. The van der Waals surface area contributed by atoms with Crippen LogP contribution in [-0.2, 0) is 0 Å². The maximum atomic E-state index is 12.7. The van der Waals surface area contributed by atoms with Gasteiger partial charge in [0, 0.05) is 12.1 Å². The van der Waals surface area contributed by atoms with Gasteiger partial charge in [-0.2, -0.15) is 5.10 Å². The van der Waals surface area contributed by atoms with E-state index in [2.05, 4.69) is 19.8 Å². The Hall–Kier alpha value is -4.74. The molecule has 0 aliphatic heterocycles. The third-order valence-corrected chi connectivity index (χ3v) is 4.52. The van der Waals surface area contributed by atoms with Crippen LogP contribution in [0.2, 0.25) is 0 Å². The Bertz CT molecular complexity index is 1370. The number of benzene rings is 2. The average Bonchev–Trinajstić information content (AvgIpc) is 3.26. The number of nitrogens with zero attached hydrogens (tertiary/aromatic N) is 3. The zero-order valence-corrected chi connectivity index (χ0v) is 17.7. The number of fused-ring (bicyclic) bond motifs is 1. The van der Waals surface area contributed by atoms with Crippen molar-refractivity contribution in [2.75, 3.05) is 21.3 Å². The Labute approximate surface area is 185 Å². The van der Waals surface area contributed by atoms with Gasteiger partial charge in [-0.25, -0.2) is 14.5 Å². The predicted molar refractivity (Wildman–Crippen MR) is 114 cm³/mol. The van der Waals surface area contributed by atoms with E-state index in [1.54, 1.807) is 24.3 Å². The lowest BCUT2D eigenvalue weighted by molar-refractivity contribution is 0.144. The third kappa shape index (κ3) is 4.35. The zero-order chi connectivity index (χ0) is 23.5. The van der Waals surface area contributed by atoms with E-state index in [1.165, 1.54) is 44.5 Å². The number of nitrogens with one attached hydrogen (secondary N) is 1. The van der Waals surface area contributed by atoms with E-state index in [0.717, 1.165) is 0 Å². The first-order valence-corrected chi connectivity index (χ1v) is 9.39. The van der Waals surface area contributed by atoms with Crippen LogP contribution in [0.25, 0.3) is 16.9 Å². The highest BCUT2D eigenvalue weighted by Gasteiger charge is 2.15. The van der Waals surface area contributed by atoms with Crippen molar-refractivity contribution in [2.24, 2.45) is 0 Å². The van der Waals surface area contributed by atoms with Crippen LogP contribution in [0.15, 0.2) is 47.5 Å². The Morgan fingerprint density at radius 1 is 1.00 bits per heavy atom. The number of hydrogen-bond acceptors (Lipinski definition) is 9. The SMILES string of the molecule is COc1cc(Oc2ccc3nc(-n4cc(OC(=O)O)cn4)[nH]c(=O)c3c2)cc(OC)c1OC. The van der Waals surface area contributed by atoms with Crippen LogP contribution in [-0.4, -0.2) is 52.3 Å². The van der Waals surface area contributed by atoms with Crippen molar-refractivity contribution in [1.82, 2.24) is 19.7 Å². The van der Waals surface area contributed by atoms with Gasteiger partial charge in [0.2, 0.25) is 11.7 Å². The molecule has 12 nitrogen and oxygen atoms in total. The quantitative estimate of drug-likeness (QED) is 0.399. The number of methoxy groups -OCH3 is 3. The Morgan fingerprint density at radius 2 is 1.73 bits per heavy atom. The molecule has 0 unspecified atom stereocenters. The molecular weight excluding hydrogens is 436 g/mol. The third-order valence-electron chi connectivity index (χ3n) is 4.52. The number of H-pyrrole nitrogens is 1. The minimum Gasteiger partial charge on any atom is -0.493 e. The minimum absolute atomic E-state index is 0.0145. The Kier molecular flexibility index (Phi) is 5.72. The molecule has 12 heteroatoms. The maximum Gasteiger partial charge on any atom is 0.511 e. The topological polar surface area (TPSA) is 147 Å². The van der Waals surface area contributed by atoms with Gasteiger partial charge in [-0.1, -0.05) is 0 Å². The van der Waals surface area contributed by atoms with Gasteiger partial charge in [0.25, 0.3) is 5.56 Å². The standard InChI is InChI=1S/C21H18N4O8/c1-29-16-7-12(8-17(30-2)18(16)31-3)32-11-4-5-15-14(6-11)19(26)24-20(23-15)25-10-13(9-22-25)33-21(27)28/h4-10H,1-3H3,(H,27,28)(H,23,24,26). The number of carbonyl (C=O) groups is 1. The van der Waals surface area contributed by atoms with E-state index in [4.69, 9.17) is 24.1 Å². The lowest BCUT2D eigenvalue weighted by atomic mass is 10.2. The minimum atomic E-state index is -1.48. The van der Waals surface area contributed by atoms with Crippen LogP contribution in [0.1, 0.15) is 0 Å². The second-order valence-corrected chi connectivity index (χ2v) is 6.52. The van der Waals surface area contributed by atoms with Crippen LogP contribution in [0.4, 0.5) is 4.79 Å². The molecule has 2 aromatic carbocycles. The average molecular weight is 454 g/mol. The van der Waals surface area contributed by atoms with E-state index >= 15 is 0 Å². The number of hydrogen-bond donors (Lipinski definition) is 2. The van der Waals surface area contributed by atoms with Gasteiger partial charge in [0.15, 0.2) is 17.2 Å². The molecule has 0 bridgehead atoms. The summed E-state index contributed by atoms with van der Waals surface area (Å²) < 4.78 is 27.6. The molecule has 4 aromatic rings. The molecule has 0 aliphatic rings. The summed E-state index contributed by atoms with van der Waals surface area (Å²) in [5, 5.41) is 12.9. The van der Waals surface area contributed by atoms with Crippen molar-refractivity contribution in [3.8, 4) is 40.4 Å². The lowest BCUT2D eigenvalue weighted by Crippen LogP contribution is -2.13. The van der Waals surface area contributed by atoms with E-state index in [0.29, 0.717) is 34.3 Å². The fraction of sp³-hybridized carbons (Fsp3) is 0.143. The molecule has 0 atom stereocenters. The Balaban J connectivity index is 1.66. The van der Waals surface area contributed by atoms with E-state index in [1.807, 2.05) is 0 Å². The van der Waals surface area contributed by atoms with Gasteiger partial charge in [-0.15, -0.1) is 0 Å². The molecule has 0 spiro atoms. The largest absolute Gasteiger partial charge is 0.511 e. The maximum absolute atomic E-state index is 12.7. The molecule has 0 amide bonds. The molecular formula is C21H18N4O8. The van der Waals surface area contributed by atoms with E-state index < -0.39 is 11.7 Å². The summed E-state index contributed by atoms with van der Waals surface area (Å²) >= 11 is 0. The number of aromatic nitrogens is 4. The lowest BCUT2D eigenvalue weighted by Gasteiger charge is -2.14. The normalized spacial score (nSPS) is 10.6. The van der Waals surface area contributed by atoms with Gasteiger partial charge < -0.3 is 28.8 Å². The summed E-state index contributed by atoms with van der Waals surface area (Å²) in [5.74, 6) is 2.13. The van der Waals surface area contributed by atoms with Crippen molar-refractivity contribution >= 4 is 17.1 Å². The number of rotatable bonds is 7. The van der Waals surface area contributed by atoms with Gasteiger partial charge in [-0.3, -0.25) is 9.78 Å². The fourth-order valence-electron chi connectivity index (χ4n) is 3.11. The Morgan fingerprint density at radius 3 is 2.36 bits per heavy atom. The van der Waals surface area contributed by atoms with Crippen LogP contribution >= 0.6 is 0 Å². The number of ether oxygens (including phenoxy) is 5. The molecule has 4 rings (SSSR count). The molecule has 2 N–H and O–H groups in total. The van der Waals surface area contributed by atoms with Crippen molar-refractivity contribution in [3.63, 3.8) is 0 Å². The first-order valence-electron chi connectivity index (χ1n) is 9.39. The first-order chi connectivity index (χ1) is 15.9. The summed E-state index contributed by atoms with van der Waals surface area (Å²) in [4.78, 5) is 30.3. The molecule has 0 saturated carbocycles. The van der Waals surface area contributed by atoms with Crippen LogP contribution in [0.3, 0.4) is 0 Å². The molecule has 0 aliphatic carbocycles. The summed E-state index contributed by atoms with van der Waals surface area (Å²) in [7, 11) is 4.49. The molecule has 2 heterocycles. The summed E-state index contributed by atoms with van der Waals surface area (Å²) in [5.41, 5.74) is -0.0660. The van der Waals surface area contributed by atoms with Gasteiger partial charge >= 0.3 is 6.16 Å². The second kappa shape index (κ2) is 8.78. The van der Waals surface area contributed by atoms with Crippen molar-refractivity contribution in [1.29, 1.82) is 0 Å². The highest BCUT2D eigenvalue weighted by molar-refractivity contribution is 5.79. The monoisotopic (exact) mass is 454 g/mol. The summed E-state index contributed by atoms with van der Waals surface area (Å²) in [6.07, 6.45) is 0.987. The van der Waals surface area contributed by atoms with Crippen molar-refractivity contribution < 1.29 is 33.6 Å². The van der Waals surface area contributed by atoms with Crippen molar-refractivity contribution in [3.05, 3.63) is 53.1 Å². The molecule has 0 radical (unpaired) electrons. The van der Waals surface area contributed by atoms with E-state index in [-0.39, 0.29) is 17.1 Å². The highest BCUT2D eigenvalue weighted by atomic mass is 16.7. The fourth-order valence-corrected chi connectivity index (χ4v) is 3.11. The molecule has 33 heavy (non-hydrogen) atoms. The number of carboxylic acid groups (broad SMARTS) is 1. The highest BCUT2D eigenvalue weighted by Crippen LogP contribution is 2.42. The molecule has 0 saturated heterocycles. The number of aromatic amines is 1. The second-order valence-electron chi connectivity index (χ2n) is 6.52. The van der Waals surface area contributed by atoms with Crippen LogP contribution in [0, 0.1) is 0 Å². The molecule has 2 aromatic heterocycles. The van der Waals surface area contributed by atoms with Gasteiger partial charge in [0.1, 0.15) is 11.5 Å². The summed E-state index contributed by atoms with van der Waals surface area (Å²) in [6, 6.07) is 8.05. The smallest absolute Gasteiger partial charge is 0.493 e. The first kappa shape index (κ1) is 21.5. The van der Waals surface area contributed by atoms with Crippen molar-refractivity contribution in [2.45, 2.75) is 0 Å². The van der Waals surface area contributed by atoms with Gasteiger partial charge in [0.05, 0.1) is 44.6 Å².